The van der Waals surface area contributed by atoms with Gasteiger partial charge in [-0.05, 0) is 18.9 Å². The van der Waals surface area contributed by atoms with Gasteiger partial charge in [0, 0.05) is 6.04 Å². The second-order valence-corrected chi connectivity index (χ2v) is 3.92. The molecule has 0 saturated carbocycles. The van der Waals surface area contributed by atoms with Crippen LogP contribution < -0.4 is 11.5 Å². The molecule has 9 heteroatoms. The zero-order valence-corrected chi connectivity index (χ0v) is 11.0. The number of hydrogen-bond acceptors (Lipinski definition) is 4. The van der Waals surface area contributed by atoms with Gasteiger partial charge in [-0.1, -0.05) is 30.3 Å². The van der Waals surface area contributed by atoms with Crippen LogP contribution >= 0.6 is 0 Å². The van der Waals surface area contributed by atoms with Crippen LogP contribution in [-0.4, -0.2) is 33.2 Å². The summed E-state index contributed by atoms with van der Waals surface area (Å²) < 4.78 is 0. The molecule has 1 atom stereocenters. The molecule has 0 aliphatic carbocycles. The SMILES string of the molecule is CC(Cc1ccccc1)N(C(=N)N)C(=N)N.O=[N+]([O-])O. The first-order valence-electron chi connectivity index (χ1n) is 5.60. The van der Waals surface area contributed by atoms with Gasteiger partial charge < -0.3 is 16.7 Å². The van der Waals surface area contributed by atoms with Gasteiger partial charge in [0.05, 0.1) is 0 Å². The smallest absolute Gasteiger partial charge is 0.291 e. The molecule has 0 fully saturated rings. The van der Waals surface area contributed by atoms with Gasteiger partial charge in [-0.15, -0.1) is 10.1 Å². The van der Waals surface area contributed by atoms with Crippen molar-refractivity contribution < 1.29 is 10.3 Å². The van der Waals surface area contributed by atoms with Crippen molar-refractivity contribution in [3.8, 4) is 0 Å². The van der Waals surface area contributed by atoms with Crippen LogP contribution in [0.3, 0.4) is 0 Å². The van der Waals surface area contributed by atoms with Gasteiger partial charge >= 0.3 is 0 Å². The summed E-state index contributed by atoms with van der Waals surface area (Å²) in [7, 11) is 0. The van der Waals surface area contributed by atoms with Crippen LogP contribution in [-0.2, 0) is 6.42 Å². The van der Waals surface area contributed by atoms with E-state index in [1.807, 2.05) is 37.3 Å². The molecule has 0 radical (unpaired) electrons. The molecule has 0 aliphatic rings. The topological polar surface area (TPSA) is 166 Å². The summed E-state index contributed by atoms with van der Waals surface area (Å²) in [5.74, 6) is -0.396. The molecule has 7 N–H and O–H groups in total. The number of nitrogens with one attached hydrogen (secondary N) is 2. The number of guanidine groups is 2. The highest BCUT2D eigenvalue weighted by Crippen LogP contribution is 2.07. The fraction of sp³-hybridized carbons (Fsp3) is 0.273. The minimum Gasteiger partial charge on any atom is -0.370 e. The Labute approximate surface area is 115 Å². The molecule has 0 bridgehead atoms. The third kappa shape index (κ3) is 6.79. The van der Waals surface area contributed by atoms with Crippen molar-refractivity contribution in [1.82, 2.24) is 4.90 Å². The van der Waals surface area contributed by atoms with Gasteiger partial charge in [-0.3, -0.25) is 15.7 Å². The average Bonchev–Trinajstić information content (AvgIpc) is 2.28. The van der Waals surface area contributed by atoms with Crippen LogP contribution in [0.25, 0.3) is 0 Å². The molecule has 0 spiro atoms. The zero-order valence-electron chi connectivity index (χ0n) is 11.0. The minimum atomic E-state index is -1.50. The number of nitrogens with two attached hydrogens (primary N) is 2. The summed E-state index contributed by atoms with van der Waals surface area (Å²) in [6.45, 7) is 1.88. The van der Waals surface area contributed by atoms with Crippen molar-refractivity contribution >= 4 is 11.9 Å². The first-order chi connectivity index (χ1) is 9.25. The number of hydrogen-bond donors (Lipinski definition) is 5. The lowest BCUT2D eigenvalue weighted by atomic mass is 10.1. The standard InChI is InChI=1S/C11H17N5.HNO3/c1-8(16(10(12)13)11(14)15)7-9-5-3-2-4-6-9;2-1(3)4/h2-6,8H,7H2,1H3,(H3,12,13)(H3,14,15);(H,2,3,4). The van der Waals surface area contributed by atoms with Crippen LogP contribution in [0.4, 0.5) is 0 Å². The van der Waals surface area contributed by atoms with Crippen molar-refractivity contribution in [2.24, 2.45) is 11.5 Å². The zero-order chi connectivity index (χ0) is 15.7. The first-order valence-corrected chi connectivity index (χ1v) is 5.60. The van der Waals surface area contributed by atoms with Crippen molar-refractivity contribution in [2.75, 3.05) is 0 Å². The van der Waals surface area contributed by atoms with Gasteiger partial charge in [0.2, 0.25) is 0 Å². The molecule has 1 rings (SSSR count). The van der Waals surface area contributed by atoms with Gasteiger partial charge in [0.25, 0.3) is 5.09 Å². The van der Waals surface area contributed by atoms with E-state index < -0.39 is 5.09 Å². The van der Waals surface area contributed by atoms with Crippen LogP contribution in [0.15, 0.2) is 30.3 Å². The highest BCUT2D eigenvalue weighted by molar-refractivity contribution is 5.94. The van der Waals surface area contributed by atoms with Gasteiger partial charge in [0.15, 0.2) is 11.9 Å². The molecule has 0 saturated heterocycles. The van der Waals surface area contributed by atoms with Gasteiger partial charge in [-0.25, -0.2) is 0 Å². The molecule has 1 aromatic rings. The second kappa shape index (κ2) is 8.29. The lowest BCUT2D eigenvalue weighted by Gasteiger charge is -2.27. The maximum Gasteiger partial charge on any atom is 0.291 e. The van der Waals surface area contributed by atoms with Crippen LogP contribution in [0, 0.1) is 20.9 Å². The normalized spacial score (nSPS) is 10.7. The van der Waals surface area contributed by atoms with E-state index in [9.17, 15) is 0 Å². The summed E-state index contributed by atoms with van der Waals surface area (Å²) in [5, 5.41) is 28.4. The Morgan fingerprint density at radius 3 is 2.10 bits per heavy atom. The summed E-state index contributed by atoms with van der Waals surface area (Å²) in [4.78, 5) is 9.66. The van der Waals surface area contributed by atoms with Crippen LogP contribution in [0.2, 0.25) is 0 Å². The highest BCUT2D eigenvalue weighted by Gasteiger charge is 2.18. The van der Waals surface area contributed by atoms with Gasteiger partial charge in [-0.2, -0.15) is 0 Å². The molecular formula is C11H18N6O3. The first kappa shape index (κ1) is 17.2. The maximum absolute atomic E-state index is 8.36. The fourth-order valence-electron chi connectivity index (χ4n) is 1.65. The van der Waals surface area contributed by atoms with Crippen LogP contribution in [0.5, 0.6) is 0 Å². The van der Waals surface area contributed by atoms with Crippen molar-refractivity contribution in [1.29, 1.82) is 10.8 Å². The molecule has 0 aromatic heterocycles. The lowest BCUT2D eigenvalue weighted by molar-refractivity contribution is -0.742. The average molecular weight is 282 g/mol. The Balaban J connectivity index is 0.000000796. The fourth-order valence-corrected chi connectivity index (χ4v) is 1.65. The molecule has 0 amide bonds. The van der Waals surface area contributed by atoms with E-state index in [0.29, 0.717) is 6.42 Å². The Bertz CT molecular complexity index is 446. The molecular weight excluding hydrogens is 264 g/mol. The van der Waals surface area contributed by atoms with E-state index in [-0.39, 0.29) is 18.0 Å². The van der Waals surface area contributed by atoms with E-state index in [1.165, 1.54) is 4.90 Å². The maximum atomic E-state index is 8.36. The molecule has 1 unspecified atom stereocenters. The Hall–Kier alpha value is -2.84. The predicted molar refractivity (Wildman–Crippen MR) is 74.1 cm³/mol. The van der Waals surface area contributed by atoms with Crippen molar-refractivity contribution in [2.45, 2.75) is 19.4 Å². The molecule has 20 heavy (non-hydrogen) atoms. The summed E-state index contributed by atoms with van der Waals surface area (Å²) >= 11 is 0. The molecule has 0 heterocycles. The monoisotopic (exact) mass is 282 g/mol. The summed E-state index contributed by atoms with van der Waals surface area (Å²) in [5.41, 5.74) is 11.9. The van der Waals surface area contributed by atoms with E-state index in [2.05, 4.69) is 0 Å². The minimum absolute atomic E-state index is 0.0996. The van der Waals surface area contributed by atoms with E-state index >= 15 is 0 Å². The van der Waals surface area contributed by atoms with Crippen LogP contribution in [0.1, 0.15) is 12.5 Å². The van der Waals surface area contributed by atoms with Crippen molar-refractivity contribution in [3.05, 3.63) is 46.0 Å². The highest BCUT2D eigenvalue weighted by atomic mass is 16.9. The second-order valence-electron chi connectivity index (χ2n) is 3.92. The van der Waals surface area contributed by atoms with E-state index in [1.54, 1.807) is 0 Å². The summed E-state index contributed by atoms with van der Waals surface area (Å²) in [6, 6.07) is 9.74. The van der Waals surface area contributed by atoms with E-state index in [4.69, 9.17) is 37.6 Å². The molecule has 9 nitrogen and oxygen atoms in total. The predicted octanol–water partition coefficient (Wildman–Crippen LogP) is 0.359. The number of benzene rings is 1. The largest absolute Gasteiger partial charge is 0.370 e. The molecule has 1 aromatic carbocycles. The van der Waals surface area contributed by atoms with Gasteiger partial charge in [0.1, 0.15) is 0 Å². The number of nitrogens with zero attached hydrogens (tertiary/aromatic N) is 2. The Morgan fingerprint density at radius 2 is 1.75 bits per heavy atom. The molecule has 110 valence electrons. The van der Waals surface area contributed by atoms with Crippen molar-refractivity contribution in [3.63, 3.8) is 0 Å². The Morgan fingerprint density at radius 1 is 1.35 bits per heavy atom. The third-order valence-corrected chi connectivity index (χ3v) is 2.33. The molecule has 0 aliphatic heterocycles. The third-order valence-electron chi connectivity index (χ3n) is 2.33. The summed E-state index contributed by atoms with van der Waals surface area (Å²) in [6.07, 6.45) is 0.694. The lowest BCUT2D eigenvalue weighted by Crippen LogP contribution is -2.50. The quantitative estimate of drug-likeness (QED) is 0.232. The Kier molecular flexibility index (Phi) is 7.12. The van der Waals surface area contributed by atoms with E-state index in [0.717, 1.165) is 5.56 Å². The number of rotatable bonds is 3.